The second-order valence-electron chi connectivity index (χ2n) is 10.8. The Morgan fingerprint density at radius 3 is 2.55 bits per heavy atom. The van der Waals surface area contributed by atoms with Crippen LogP contribution in [-0.4, -0.2) is 93.7 Å². The Morgan fingerprint density at radius 1 is 1.10 bits per heavy atom. The number of nitrogens with zero attached hydrogens (tertiary/aromatic N) is 3. The van der Waals surface area contributed by atoms with Gasteiger partial charge in [0.25, 0.3) is 0 Å². The number of aliphatic hydroxyl groups excluding tert-OH is 1. The molecule has 2 fully saturated rings. The molecule has 228 valence electrons. The molecule has 3 aromatic rings. The van der Waals surface area contributed by atoms with Crippen molar-refractivity contribution in [2.75, 3.05) is 39.9 Å². The number of ether oxygens (including phenoxy) is 2. The maximum atomic E-state index is 13.4. The molecule has 0 amide bonds. The Kier molecular flexibility index (Phi) is 9.04. The summed E-state index contributed by atoms with van der Waals surface area (Å²) in [6, 6.07) is 13.0. The number of rotatable bonds is 11. The van der Waals surface area contributed by atoms with Gasteiger partial charge in [-0.15, -0.1) is 0 Å². The second kappa shape index (κ2) is 12.4. The Labute approximate surface area is 246 Å². The number of aromatic nitrogens is 2. The van der Waals surface area contributed by atoms with Crippen LogP contribution >= 0.6 is 0 Å². The van der Waals surface area contributed by atoms with Gasteiger partial charge in [0.15, 0.2) is 0 Å². The third kappa shape index (κ3) is 6.86. The highest BCUT2D eigenvalue weighted by atomic mass is 32.2. The highest BCUT2D eigenvalue weighted by molar-refractivity contribution is 7.89. The quantitative estimate of drug-likeness (QED) is 0.289. The summed E-state index contributed by atoms with van der Waals surface area (Å²) in [5.74, 6) is 0.346. The summed E-state index contributed by atoms with van der Waals surface area (Å²) in [6.07, 6.45) is 4.63. The van der Waals surface area contributed by atoms with Crippen LogP contribution < -0.4 is 14.8 Å². The second-order valence-corrected chi connectivity index (χ2v) is 14.6. The van der Waals surface area contributed by atoms with Crippen molar-refractivity contribution >= 4 is 20.0 Å². The maximum Gasteiger partial charge on any atom is 0.243 e. The van der Waals surface area contributed by atoms with Gasteiger partial charge in [0.1, 0.15) is 18.5 Å². The van der Waals surface area contributed by atoms with Gasteiger partial charge in [-0.2, -0.15) is 9.40 Å². The molecule has 2 unspecified atom stereocenters. The van der Waals surface area contributed by atoms with E-state index in [2.05, 4.69) is 15.1 Å². The van der Waals surface area contributed by atoms with E-state index < -0.39 is 31.8 Å². The Morgan fingerprint density at radius 2 is 1.83 bits per heavy atom. The first kappa shape index (κ1) is 30.6. The summed E-state index contributed by atoms with van der Waals surface area (Å²) in [5.41, 5.74) is 1.26. The molecule has 1 spiro atoms. The van der Waals surface area contributed by atoms with Gasteiger partial charge in [-0.05, 0) is 56.1 Å². The van der Waals surface area contributed by atoms with Gasteiger partial charge < -0.3 is 19.9 Å². The largest absolute Gasteiger partial charge is 0.491 e. The van der Waals surface area contributed by atoms with Crippen molar-refractivity contribution in [1.29, 1.82) is 0 Å². The van der Waals surface area contributed by atoms with Crippen molar-refractivity contribution in [3.63, 3.8) is 0 Å². The van der Waals surface area contributed by atoms with Crippen molar-refractivity contribution in [2.45, 2.75) is 46.8 Å². The molecule has 2 saturated heterocycles. The number of hydrogen-bond acceptors (Lipinski definition) is 9. The lowest BCUT2D eigenvalue weighted by atomic mass is 9.88. The average Bonchev–Trinajstić information content (AvgIpc) is 3.61. The van der Waals surface area contributed by atoms with E-state index in [1.54, 1.807) is 41.2 Å². The predicted molar refractivity (Wildman–Crippen MR) is 156 cm³/mol. The third-order valence-electron chi connectivity index (χ3n) is 7.82. The molecule has 0 saturated carbocycles. The van der Waals surface area contributed by atoms with E-state index in [0.717, 1.165) is 17.5 Å². The molecular formula is C28H37N5O7S2. The molecule has 2 aromatic carbocycles. The number of aryl methyl sites for hydroxylation is 1. The molecule has 2 aliphatic rings. The van der Waals surface area contributed by atoms with Crippen molar-refractivity contribution in [1.82, 2.24) is 24.1 Å². The van der Waals surface area contributed by atoms with E-state index in [1.807, 2.05) is 19.3 Å². The van der Waals surface area contributed by atoms with Gasteiger partial charge in [0.05, 0.1) is 28.2 Å². The minimum Gasteiger partial charge on any atom is -0.491 e. The molecule has 0 aliphatic carbocycles. The van der Waals surface area contributed by atoms with E-state index >= 15 is 0 Å². The fraction of sp³-hybridized carbons (Fsp3) is 0.464. The fourth-order valence-corrected chi connectivity index (χ4v) is 7.67. The lowest BCUT2D eigenvalue weighted by molar-refractivity contribution is -0.0312. The molecule has 1 aromatic heterocycles. The number of sulfonamides is 2. The minimum absolute atomic E-state index is 0.0103. The van der Waals surface area contributed by atoms with Crippen molar-refractivity contribution in [3.8, 4) is 16.9 Å². The topological polar surface area (TPSA) is 152 Å². The number of piperidine rings is 1. The smallest absolute Gasteiger partial charge is 0.243 e. The SMILES string of the molecule is CNS(=O)(=O)c1cccc(OCC(O)CNC2COC3(CCN(S(=O)(=O)c4cccc(-c5cnn(C)c5)c4)CC3)C2)c1. The number of hydrogen-bond donors (Lipinski definition) is 3. The molecular weight excluding hydrogens is 582 g/mol. The highest BCUT2D eigenvalue weighted by Gasteiger charge is 2.44. The molecule has 0 bridgehead atoms. The number of benzene rings is 2. The summed E-state index contributed by atoms with van der Waals surface area (Å²) in [5, 5.41) is 17.9. The van der Waals surface area contributed by atoms with Crippen LogP contribution in [0.4, 0.5) is 0 Å². The van der Waals surface area contributed by atoms with Crippen LogP contribution in [-0.2, 0) is 31.8 Å². The van der Waals surface area contributed by atoms with Crippen LogP contribution in [0.15, 0.2) is 70.7 Å². The Hall–Kier alpha value is -2.85. The lowest BCUT2D eigenvalue weighted by Gasteiger charge is -2.38. The predicted octanol–water partition coefficient (Wildman–Crippen LogP) is 1.34. The van der Waals surface area contributed by atoms with Gasteiger partial charge in [-0.25, -0.2) is 21.6 Å². The van der Waals surface area contributed by atoms with Crippen LogP contribution in [0, 0.1) is 0 Å². The summed E-state index contributed by atoms with van der Waals surface area (Å²) in [4.78, 5) is 0.346. The Bertz CT molecular complexity index is 1600. The van der Waals surface area contributed by atoms with Gasteiger partial charge in [-0.3, -0.25) is 4.68 Å². The summed E-state index contributed by atoms with van der Waals surface area (Å²) in [7, 11) is -4.09. The average molecular weight is 620 g/mol. The molecule has 12 nitrogen and oxygen atoms in total. The first-order valence-electron chi connectivity index (χ1n) is 13.8. The molecule has 2 aliphatic heterocycles. The first-order chi connectivity index (χ1) is 20.0. The zero-order valence-electron chi connectivity index (χ0n) is 23.6. The van der Waals surface area contributed by atoms with Crippen molar-refractivity contribution in [2.24, 2.45) is 7.05 Å². The normalized spacial score (nSPS) is 20.1. The van der Waals surface area contributed by atoms with E-state index in [0.29, 0.717) is 38.3 Å². The molecule has 3 heterocycles. The minimum atomic E-state index is -3.66. The van der Waals surface area contributed by atoms with Crippen LogP contribution in [0.25, 0.3) is 11.1 Å². The standard InChI is InChI=1S/C28H37N5O7S2/c1-29-41(35,36)26-7-4-6-25(14-26)39-20-24(34)17-30-23-15-28(40-19-23)9-11-33(12-10-28)42(37,38)27-8-3-5-21(13-27)22-16-31-32(2)18-22/h3-8,13-14,16,18,23-24,29-30,34H,9-12,15,17,19-20H2,1-2H3. The number of aliphatic hydroxyl groups is 1. The van der Waals surface area contributed by atoms with Crippen LogP contribution in [0.1, 0.15) is 19.3 Å². The van der Waals surface area contributed by atoms with Gasteiger partial charge in [-0.1, -0.05) is 18.2 Å². The molecule has 5 rings (SSSR count). The van der Waals surface area contributed by atoms with Crippen molar-refractivity contribution < 1.29 is 31.4 Å². The van der Waals surface area contributed by atoms with Gasteiger partial charge in [0, 0.05) is 50.6 Å². The van der Waals surface area contributed by atoms with E-state index in [-0.39, 0.29) is 29.0 Å². The Balaban J connectivity index is 1.10. The van der Waals surface area contributed by atoms with Crippen molar-refractivity contribution in [3.05, 3.63) is 60.9 Å². The summed E-state index contributed by atoms with van der Waals surface area (Å²) >= 11 is 0. The van der Waals surface area contributed by atoms with E-state index in [9.17, 15) is 21.9 Å². The maximum absolute atomic E-state index is 13.4. The lowest BCUT2D eigenvalue weighted by Crippen LogP contribution is -2.47. The van der Waals surface area contributed by atoms with Gasteiger partial charge >= 0.3 is 0 Å². The van der Waals surface area contributed by atoms with Crippen LogP contribution in [0.3, 0.4) is 0 Å². The molecule has 3 N–H and O–H groups in total. The monoisotopic (exact) mass is 619 g/mol. The summed E-state index contributed by atoms with van der Waals surface area (Å²) in [6.45, 7) is 1.46. The third-order valence-corrected chi connectivity index (χ3v) is 11.1. The molecule has 2 atom stereocenters. The molecule has 42 heavy (non-hydrogen) atoms. The first-order valence-corrected chi connectivity index (χ1v) is 16.7. The number of nitrogens with one attached hydrogen (secondary N) is 2. The molecule has 14 heteroatoms. The molecule has 0 radical (unpaired) electrons. The van der Waals surface area contributed by atoms with E-state index in [4.69, 9.17) is 9.47 Å². The van der Waals surface area contributed by atoms with Crippen LogP contribution in [0.5, 0.6) is 5.75 Å². The fourth-order valence-electron chi connectivity index (χ4n) is 5.42. The van der Waals surface area contributed by atoms with Gasteiger partial charge in [0.2, 0.25) is 20.0 Å². The highest BCUT2D eigenvalue weighted by Crippen LogP contribution is 2.37. The van der Waals surface area contributed by atoms with E-state index in [1.165, 1.54) is 23.5 Å². The zero-order valence-corrected chi connectivity index (χ0v) is 25.3. The zero-order chi connectivity index (χ0) is 30.0. The van der Waals surface area contributed by atoms with Crippen LogP contribution in [0.2, 0.25) is 0 Å². The summed E-state index contributed by atoms with van der Waals surface area (Å²) < 4.78 is 68.1.